The van der Waals surface area contributed by atoms with Crippen molar-refractivity contribution in [1.29, 1.82) is 0 Å². The number of likely N-dealkylation sites (tertiary alicyclic amines) is 1. The van der Waals surface area contributed by atoms with Crippen molar-refractivity contribution in [2.75, 3.05) is 13.1 Å². The number of hydrogen-bond acceptors (Lipinski definition) is 2. The third kappa shape index (κ3) is 3.71. The highest BCUT2D eigenvalue weighted by Crippen LogP contribution is 2.26. The van der Waals surface area contributed by atoms with Crippen molar-refractivity contribution in [3.8, 4) is 0 Å². The molecule has 1 N–H and O–H groups in total. The van der Waals surface area contributed by atoms with E-state index < -0.39 is 0 Å². The first kappa shape index (κ1) is 13.9. The molecule has 2 fully saturated rings. The summed E-state index contributed by atoms with van der Waals surface area (Å²) in [7, 11) is 0. The maximum absolute atomic E-state index is 12.2. The van der Waals surface area contributed by atoms with Crippen LogP contribution in [-0.2, 0) is 4.79 Å². The third-order valence-electron chi connectivity index (χ3n) is 4.09. The van der Waals surface area contributed by atoms with E-state index in [2.05, 4.69) is 17.1 Å². The lowest BCUT2D eigenvalue weighted by molar-refractivity contribution is -0.137. The number of rotatable bonds is 5. The zero-order chi connectivity index (χ0) is 13.1. The van der Waals surface area contributed by atoms with E-state index in [1.165, 1.54) is 32.1 Å². The first-order valence-electron chi connectivity index (χ1n) is 7.65. The van der Waals surface area contributed by atoms with E-state index in [0.717, 1.165) is 19.1 Å². The average molecular weight is 252 g/mol. The Hall–Kier alpha value is -0.570. The molecule has 2 atom stereocenters. The molecule has 0 aromatic carbocycles. The predicted octanol–water partition coefficient (Wildman–Crippen LogP) is 2.41. The Morgan fingerprint density at radius 2 is 2.00 bits per heavy atom. The summed E-state index contributed by atoms with van der Waals surface area (Å²) in [5.74, 6) is 1.16. The molecule has 1 saturated carbocycles. The van der Waals surface area contributed by atoms with Gasteiger partial charge in [0.2, 0.25) is 5.91 Å². The second kappa shape index (κ2) is 6.05. The van der Waals surface area contributed by atoms with Crippen LogP contribution in [0.3, 0.4) is 0 Å². The maximum Gasteiger partial charge on any atom is 0.225 e. The second-order valence-electron chi connectivity index (χ2n) is 6.43. The minimum absolute atomic E-state index is 0.131. The van der Waals surface area contributed by atoms with Crippen LogP contribution in [0.1, 0.15) is 52.9 Å². The topological polar surface area (TPSA) is 32.3 Å². The van der Waals surface area contributed by atoms with Gasteiger partial charge in [-0.1, -0.05) is 27.2 Å². The van der Waals surface area contributed by atoms with Crippen LogP contribution in [-0.4, -0.2) is 36.0 Å². The lowest BCUT2D eigenvalue weighted by Crippen LogP contribution is -2.52. The van der Waals surface area contributed by atoms with Gasteiger partial charge in [0.15, 0.2) is 0 Å². The first-order valence-corrected chi connectivity index (χ1v) is 7.65. The van der Waals surface area contributed by atoms with Gasteiger partial charge in [0.05, 0.1) is 0 Å². The van der Waals surface area contributed by atoms with Crippen LogP contribution in [0, 0.1) is 11.8 Å². The molecule has 1 saturated heterocycles. The minimum Gasteiger partial charge on any atom is -0.341 e. The van der Waals surface area contributed by atoms with Crippen molar-refractivity contribution in [1.82, 2.24) is 10.2 Å². The quantitative estimate of drug-likeness (QED) is 0.815. The standard InChI is InChI=1S/C15H28N2O/c1-4-5-12-8-14(16-13-6-7-13)10-17(9-12)15(18)11(2)3/h11-14,16H,4-10H2,1-3H3. The molecular formula is C15H28N2O. The van der Waals surface area contributed by atoms with Crippen LogP contribution in [0.4, 0.5) is 0 Å². The van der Waals surface area contributed by atoms with Crippen LogP contribution in [0.2, 0.25) is 0 Å². The van der Waals surface area contributed by atoms with E-state index in [1.54, 1.807) is 0 Å². The van der Waals surface area contributed by atoms with E-state index in [4.69, 9.17) is 0 Å². The smallest absolute Gasteiger partial charge is 0.225 e. The maximum atomic E-state index is 12.2. The number of nitrogens with zero attached hydrogens (tertiary/aromatic N) is 1. The number of nitrogens with one attached hydrogen (secondary N) is 1. The third-order valence-corrected chi connectivity index (χ3v) is 4.09. The summed E-state index contributed by atoms with van der Waals surface area (Å²) < 4.78 is 0. The summed E-state index contributed by atoms with van der Waals surface area (Å²) in [4.78, 5) is 14.3. The molecule has 0 radical (unpaired) electrons. The Balaban J connectivity index is 1.93. The van der Waals surface area contributed by atoms with Gasteiger partial charge in [-0.3, -0.25) is 4.79 Å². The molecule has 2 rings (SSSR count). The summed E-state index contributed by atoms with van der Waals surface area (Å²) in [6.45, 7) is 8.16. The van der Waals surface area contributed by atoms with Gasteiger partial charge in [0.25, 0.3) is 0 Å². The molecule has 1 aliphatic carbocycles. The van der Waals surface area contributed by atoms with E-state index in [0.29, 0.717) is 17.9 Å². The summed E-state index contributed by atoms with van der Waals surface area (Å²) in [5, 5.41) is 3.71. The number of carbonyl (C=O) groups is 1. The van der Waals surface area contributed by atoms with Crippen LogP contribution in [0.5, 0.6) is 0 Å². The minimum atomic E-state index is 0.131. The molecular weight excluding hydrogens is 224 g/mol. The van der Waals surface area contributed by atoms with Gasteiger partial charge in [0.1, 0.15) is 0 Å². The molecule has 0 spiro atoms. The molecule has 0 bridgehead atoms. The Morgan fingerprint density at radius 3 is 2.56 bits per heavy atom. The molecule has 0 aromatic rings. The summed E-state index contributed by atoms with van der Waals surface area (Å²) in [6, 6.07) is 1.27. The van der Waals surface area contributed by atoms with Gasteiger partial charge in [-0.25, -0.2) is 0 Å². The molecule has 0 aromatic heterocycles. The van der Waals surface area contributed by atoms with Crippen molar-refractivity contribution in [3.05, 3.63) is 0 Å². The Bertz CT molecular complexity index is 286. The van der Waals surface area contributed by atoms with Crippen molar-refractivity contribution in [2.24, 2.45) is 11.8 Å². The predicted molar refractivity (Wildman–Crippen MR) is 74.4 cm³/mol. The normalized spacial score (nSPS) is 28.8. The highest BCUT2D eigenvalue weighted by molar-refractivity contribution is 5.78. The number of piperidine rings is 1. The molecule has 1 amide bonds. The fourth-order valence-corrected chi connectivity index (χ4v) is 3.07. The van der Waals surface area contributed by atoms with Crippen LogP contribution >= 0.6 is 0 Å². The van der Waals surface area contributed by atoms with E-state index in [-0.39, 0.29) is 5.92 Å². The fraction of sp³-hybridized carbons (Fsp3) is 0.933. The number of amides is 1. The molecule has 1 aliphatic heterocycles. The number of carbonyl (C=O) groups excluding carboxylic acids is 1. The summed E-state index contributed by atoms with van der Waals surface area (Å²) in [5.41, 5.74) is 0. The average Bonchev–Trinajstić information content (AvgIpc) is 3.12. The van der Waals surface area contributed by atoms with Gasteiger partial charge in [-0.15, -0.1) is 0 Å². The zero-order valence-electron chi connectivity index (χ0n) is 12.1. The Labute approximate surface area is 111 Å². The van der Waals surface area contributed by atoms with E-state index in [1.807, 2.05) is 13.8 Å². The van der Waals surface area contributed by atoms with Crippen molar-refractivity contribution >= 4 is 5.91 Å². The lowest BCUT2D eigenvalue weighted by Gasteiger charge is -2.39. The molecule has 104 valence electrons. The highest BCUT2D eigenvalue weighted by atomic mass is 16.2. The van der Waals surface area contributed by atoms with E-state index in [9.17, 15) is 4.79 Å². The monoisotopic (exact) mass is 252 g/mol. The lowest BCUT2D eigenvalue weighted by atomic mass is 9.90. The largest absolute Gasteiger partial charge is 0.341 e. The SMILES string of the molecule is CCCC1CC(NC2CC2)CN(C(=O)C(C)C)C1. The Morgan fingerprint density at radius 1 is 1.28 bits per heavy atom. The second-order valence-corrected chi connectivity index (χ2v) is 6.43. The number of hydrogen-bond donors (Lipinski definition) is 1. The van der Waals surface area contributed by atoms with Crippen molar-refractivity contribution in [3.63, 3.8) is 0 Å². The highest BCUT2D eigenvalue weighted by Gasteiger charge is 2.33. The van der Waals surface area contributed by atoms with Crippen LogP contribution in [0.25, 0.3) is 0 Å². The van der Waals surface area contributed by atoms with Crippen LogP contribution < -0.4 is 5.32 Å². The first-order chi connectivity index (χ1) is 8.60. The summed E-state index contributed by atoms with van der Waals surface area (Å²) in [6.07, 6.45) is 6.39. The van der Waals surface area contributed by atoms with Crippen LogP contribution in [0.15, 0.2) is 0 Å². The fourth-order valence-electron chi connectivity index (χ4n) is 3.07. The van der Waals surface area contributed by atoms with Gasteiger partial charge in [-0.2, -0.15) is 0 Å². The molecule has 2 aliphatic rings. The van der Waals surface area contributed by atoms with E-state index >= 15 is 0 Å². The van der Waals surface area contributed by atoms with Gasteiger partial charge in [-0.05, 0) is 31.6 Å². The molecule has 3 nitrogen and oxygen atoms in total. The molecule has 1 heterocycles. The molecule has 2 unspecified atom stereocenters. The van der Waals surface area contributed by atoms with Gasteiger partial charge < -0.3 is 10.2 Å². The molecule has 3 heteroatoms. The molecule has 18 heavy (non-hydrogen) atoms. The van der Waals surface area contributed by atoms with Crippen molar-refractivity contribution < 1.29 is 4.79 Å². The Kier molecular flexibility index (Phi) is 4.66. The van der Waals surface area contributed by atoms with Gasteiger partial charge >= 0.3 is 0 Å². The van der Waals surface area contributed by atoms with Gasteiger partial charge in [0, 0.05) is 31.1 Å². The zero-order valence-corrected chi connectivity index (χ0v) is 12.1. The summed E-state index contributed by atoms with van der Waals surface area (Å²) >= 11 is 0. The van der Waals surface area contributed by atoms with Crippen molar-refractivity contribution in [2.45, 2.75) is 65.0 Å².